The predicted octanol–water partition coefficient (Wildman–Crippen LogP) is 4.26. The van der Waals surface area contributed by atoms with E-state index in [-0.39, 0.29) is 0 Å². The number of hydrogen-bond acceptors (Lipinski definition) is 2. The maximum atomic E-state index is 10.5. The van der Waals surface area contributed by atoms with Gasteiger partial charge in [-0.05, 0) is 36.5 Å². The van der Waals surface area contributed by atoms with E-state index in [4.69, 9.17) is 11.6 Å². The summed E-state index contributed by atoms with van der Waals surface area (Å²) in [5.41, 5.74) is 0.970. The summed E-state index contributed by atoms with van der Waals surface area (Å²) in [7, 11) is 0. The van der Waals surface area contributed by atoms with Crippen molar-refractivity contribution in [2.24, 2.45) is 0 Å². The molecular formula is C17H22ClNO. The SMILES string of the molecule is CCN(CC)CCC(O)c1ccc(Cl)c2ccccc12. The van der Waals surface area contributed by atoms with Crippen LogP contribution < -0.4 is 0 Å². The number of hydrogen-bond donors (Lipinski definition) is 1. The Morgan fingerprint density at radius 3 is 2.35 bits per heavy atom. The maximum Gasteiger partial charge on any atom is 0.0808 e. The number of halogens is 1. The van der Waals surface area contributed by atoms with Crippen LogP contribution in [0.15, 0.2) is 36.4 Å². The molecule has 0 spiro atoms. The Hall–Kier alpha value is -1.09. The Morgan fingerprint density at radius 2 is 1.70 bits per heavy atom. The molecule has 2 nitrogen and oxygen atoms in total. The summed E-state index contributed by atoms with van der Waals surface area (Å²) in [6, 6.07) is 11.8. The van der Waals surface area contributed by atoms with Crippen LogP contribution in [0.4, 0.5) is 0 Å². The van der Waals surface area contributed by atoms with Crippen molar-refractivity contribution in [2.45, 2.75) is 26.4 Å². The van der Waals surface area contributed by atoms with Crippen LogP contribution in [-0.4, -0.2) is 29.6 Å². The van der Waals surface area contributed by atoms with Crippen LogP contribution in [0, 0.1) is 0 Å². The number of aliphatic hydroxyl groups is 1. The minimum absolute atomic E-state index is 0.447. The van der Waals surface area contributed by atoms with Crippen LogP contribution in [0.25, 0.3) is 10.8 Å². The molecule has 1 atom stereocenters. The average molecular weight is 292 g/mol. The van der Waals surface area contributed by atoms with E-state index in [1.165, 1.54) is 0 Å². The summed E-state index contributed by atoms with van der Waals surface area (Å²) in [6.45, 7) is 7.24. The van der Waals surface area contributed by atoms with E-state index in [0.29, 0.717) is 0 Å². The lowest BCUT2D eigenvalue weighted by atomic mass is 9.98. The van der Waals surface area contributed by atoms with Crippen molar-refractivity contribution in [3.8, 4) is 0 Å². The van der Waals surface area contributed by atoms with Gasteiger partial charge >= 0.3 is 0 Å². The molecule has 2 aromatic carbocycles. The second-order valence-corrected chi connectivity index (χ2v) is 5.42. The van der Waals surface area contributed by atoms with Crippen molar-refractivity contribution in [1.29, 1.82) is 0 Å². The summed E-state index contributed by atoms with van der Waals surface area (Å²) in [5.74, 6) is 0. The molecule has 108 valence electrons. The molecule has 0 aliphatic heterocycles. The first-order chi connectivity index (χ1) is 9.67. The Bertz CT molecular complexity index is 566. The third-order valence-corrected chi connectivity index (χ3v) is 4.21. The van der Waals surface area contributed by atoms with Crippen molar-refractivity contribution in [2.75, 3.05) is 19.6 Å². The summed E-state index contributed by atoms with van der Waals surface area (Å²) in [5, 5.41) is 13.3. The average Bonchev–Trinajstić information content (AvgIpc) is 2.48. The third-order valence-electron chi connectivity index (χ3n) is 3.88. The van der Waals surface area contributed by atoms with E-state index >= 15 is 0 Å². The Morgan fingerprint density at radius 1 is 1.05 bits per heavy atom. The highest BCUT2D eigenvalue weighted by molar-refractivity contribution is 6.35. The Labute approximate surface area is 126 Å². The highest BCUT2D eigenvalue weighted by Crippen LogP contribution is 2.31. The Balaban J connectivity index is 2.22. The van der Waals surface area contributed by atoms with Crippen molar-refractivity contribution < 1.29 is 5.11 Å². The molecular weight excluding hydrogens is 270 g/mol. The lowest BCUT2D eigenvalue weighted by Crippen LogP contribution is -2.25. The van der Waals surface area contributed by atoms with Crippen molar-refractivity contribution in [3.63, 3.8) is 0 Å². The molecule has 0 radical (unpaired) electrons. The first-order valence-electron chi connectivity index (χ1n) is 7.25. The molecule has 0 aliphatic carbocycles. The van der Waals surface area contributed by atoms with Gasteiger partial charge in [-0.3, -0.25) is 0 Å². The molecule has 2 aromatic rings. The van der Waals surface area contributed by atoms with Gasteiger partial charge in [0.05, 0.1) is 6.10 Å². The first-order valence-corrected chi connectivity index (χ1v) is 7.62. The fraction of sp³-hybridized carbons (Fsp3) is 0.412. The van der Waals surface area contributed by atoms with Gasteiger partial charge in [0.2, 0.25) is 0 Å². The van der Waals surface area contributed by atoms with E-state index in [1.807, 2.05) is 36.4 Å². The lowest BCUT2D eigenvalue weighted by molar-refractivity contribution is 0.146. The smallest absolute Gasteiger partial charge is 0.0808 e. The lowest BCUT2D eigenvalue weighted by Gasteiger charge is -2.21. The van der Waals surface area contributed by atoms with E-state index in [9.17, 15) is 5.11 Å². The second kappa shape index (κ2) is 7.07. The van der Waals surface area contributed by atoms with Crippen LogP contribution in [-0.2, 0) is 0 Å². The largest absolute Gasteiger partial charge is 0.388 e. The molecule has 1 unspecified atom stereocenters. The fourth-order valence-electron chi connectivity index (χ4n) is 2.58. The second-order valence-electron chi connectivity index (χ2n) is 5.01. The van der Waals surface area contributed by atoms with Gasteiger partial charge in [0.25, 0.3) is 0 Å². The standard InChI is InChI=1S/C17H22ClNO/c1-3-19(4-2)12-11-17(20)15-9-10-16(18)14-8-6-5-7-13(14)15/h5-10,17,20H,3-4,11-12H2,1-2H3. The molecule has 20 heavy (non-hydrogen) atoms. The minimum Gasteiger partial charge on any atom is -0.388 e. The molecule has 0 amide bonds. The van der Waals surface area contributed by atoms with Gasteiger partial charge in [0, 0.05) is 17.0 Å². The third kappa shape index (κ3) is 3.32. The molecule has 2 rings (SSSR count). The predicted molar refractivity (Wildman–Crippen MR) is 86.3 cm³/mol. The number of nitrogens with zero attached hydrogens (tertiary/aromatic N) is 1. The minimum atomic E-state index is -0.447. The highest BCUT2D eigenvalue weighted by atomic mass is 35.5. The van der Waals surface area contributed by atoms with Gasteiger partial charge in [0.1, 0.15) is 0 Å². The molecule has 0 bridgehead atoms. The van der Waals surface area contributed by atoms with Gasteiger partial charge in [-0.15, -0.1) is 0 Å². The van der Waals surface area contributed by atoms with E-state index in [0.717, 1.165) is 47.4 Å². The number of aliphatic hydroxyl groups excluding tert-OH is 1. The van der Waals surface area contributed by atoms with Gasteiger partial charge in [-0.2, -0.15) is 0 Å². The molecule has 0 heterocycles. The number of fused-ring (bicyclic) bond motifs is 1. The van der Waals surface area contributed by atoms with Gasteiger partial charge in [0.15, 0.2) is 0 Å². The summed E-state index contributed by atoms with van der Waals surface area (Å²) in [6.07, 6.45) is 0.297. The van der Waals surface area contributed by atoms with Gasteiger partial charge in [-0.1, -0.05) is 55.8 Å². The van der Waals surface area contributed by atoms with Crippen LogP contribution in [0.3, 0.4) is 0 Å². The summed E-state index contributed by atoms with van der Waals surface area (Å²) in [4.78, 5) is 2.32. The zero-order valence-electron chi connectivity index (χ0n) is 12.1. The van der Waals surface area contributed by atoms with Crippen molar-refractivity contribution in [3.05, 3.63) is 47.0 Å². The first kappa shape index (κ1) is 15.3. The molecule has 1 N–H and O–H groups in total. The summed E-state index contributed by atoms with van der Waals surface area (Å²) < 4.78 is 0. The Kier molecular flexibility index (Phi) is 5.41. The monoisotopic (exact) mass is 291 g/mol. The van der Waals surface area contributed by atoms with Crippen molar-refractivity contribution in [1.82, 2.24) is 4.90 Å². The van der Waals surface area contributed by atoms with Crippen molar-refractivity contribution >= 4 is 22.4 Å². The zero-order valence-corrected chi connectivity index (χ0v) is 12.9. The molecule has 0 fully saturated rings. The van der Waals surface area contributed by atoms with E-state index in [2.05, 4.69) is 18.7 Å². The number of rotatable bonds is 6. The molecule has 0 saturated heterocycles. The molecule has 0 saturated carbocycles. The van der Waals surface area contributed by atoms with Crippen LogP contribution in [0.2, 0.25) is 5.02 Å². The van der Waals surface area contributed by atoms with Gasteiger partial charge < -0.3 is 10.0 Å². The van der Waals surface area contributed by atoms with Crippen LogP contribution in [0.5, 0.6) is 0 Å². The molecule has 3 heteroatoms. The zero-order chi connectivity index (χ0) is 14.5. The van der Waals surface area contributed by atoms with Crippen LogP contribution >= 0.6 is 11.6 Å². The van der Waals surface area contributed by atoms with Gasteiger partial charge in [-0.25, -0.2) is 0 Å². The fourth-order valence-corrected chi connectivity index (χ4v) is 2.80. The van der Waals surface area contributed by atoms with E-state index in [1.54, 1.807) is 0 Å². The maximum absolute atomic E-state index is 10.5. The molecule has 0 aliphatic rings. The van der Waals surface area contributed by atoms with Crippen LogP contribution in [0.1, 0.15) is 31.9 Å². The number of benzene rings is 2. The van der Waals surface area contributed by atoms with E-state index < -0.39 is 6.10 Å². The molecule has 0 aromatic heterocycles. The summed E-state index contributed by atoms with van der Waals surface area (Å²) >= 11 is 6.22. The topological polar surface area (TPSA) is 23.5 Å². The highest BCUT2D eigenvalue weighted by Gasteiger charge is 2.13. The quantitative estimate of drug-likeness (QED) is 0.860. The normalized spacial score (nSPS) is 13.1.